The fourth-order valence-corrected chi connectivity index (χ4v) is 5.45. The molecule has 170 valence electrons. The van der Waals surface area contributed by atoms with Crippen molar-refractivity contribution in [1.82, 2.24) is 4.98 Å². The molecule has 1 amide bonds. The van der Waals surface area contributed by atoms with E-state index in [1.807, 2.05) is 36.4 Å². The molecule has 1 aliphatic heterocycles. The topological polar surface area (TPSA) is 83.6 Å². The van der Waals surface area contributed by atoms with Gasteiger partial charge in [-0.2, -0.15) is 0 Å². The molecule has 0 saturated heterocycles. The van der Waals surface area contributed by atoms with Gasteiger partial charge in [0.05, 0.1) is 16.1 Å². The van der Waals surface area contributed by atoms with Crippen LogP contribution in [0.25, 0.3) is 10.6 Å². The second-order valence-corrected chi connectivity index (χ2v) is 9.81. The predicted molar refractivity (Wildman–Crippen MR) is 134 cm³/mol. The SMILES string of the molecule is Cc1ccc(C2C(C(=O)c3sc(-c4ccccc4)nc3C)=C(O)C(=O)N2c2cccc(Br)c2)o1. The van der Waals surface area contributed by atoms with E-state index in [1.165, 1.54) is 16.2 Å². The number of nitrogens with zero attached hydrogens (tertiary/aromatic N) is 2. The number of benzene rings is 2. The molecule has 0 aliphatic carbocycles. The van der Waals surface area contributed by atoms with E-state index in [-0.39, 0.29) is 5.57 Å². The molecule has 1 atom stereocenters. The molecule has 0 fully saturated rings. The lowest BCUT2D eigenvalue weighted by molar-refractivity contribution is -0.117. The number of carbonyl (C=O) groups excluding carboxylic acids is 2. The summed E-state index contributed by atoms with van der Waals surface area (Å²) in [6.07, 6.45) is 0. The van der Waals surface area contributed by atoms with Crippen LogP contribution in [0.1, 0.15) is 32.9 Å². The minimum absolute atomic E-state index is 0.0225. The number of hydrogen-bond donors (Lipinski definition) is 1. The first kappa shape index (κ1) is 22.3. The Bertz CT molecular complexity index is 1450. The van der Waals surface area contributed by atoms with Gasteiger partial charge in [-0.3, -0.25) is 14.5 Å². The van der Waals surface area contributed by atoms with E-state index in [2.05, 4.69) is 20.9 Å². The highest BCUT2D eigenvalue weighted by molar-refractivity contribution is 9.10. The van der Waals surface area contributed by atoms with Crippen molar-refractivity contribution in [1.29, 1.82) is 0 Å². The van der Waals surface area contributed by atoms with Crippen molar-refractivity contribution in [2.24, 2.45) is 0 Å². The van der Waals surface area contributed by atoms with Crippen molar-refractivity contribution in [2.75, 3.05) is 4.90 Å². The highest BCUT2D eigenvalue weighted by Gasteiger charge is 2.46. The van der Waals surface area contributed by atoms with E-state index in [0.29, 0.717) is 32.8 Å². The number of carbonyl (C=O) groups is 2. The van der Waals surface area contributed by atoms with Crippen molar-refractivity contribution < 1.29 is 19.1 Å². The molecular weight excluding hydrogens is 516 g/mol. The van der Waals surface area contributed by atoms with Crippen molar-refractivity contribution in [3.05, 3.63) is 105 Å². The molecule has 0 bridgehead atoms. The quantitative estimate of drug-likeness (QED) is 0.293. The van der Waals surface area contributed by atoms with Crippen LogP contribution in [0.4, 0.5) is 5.69 Å². The van der Waals surface area contributed by atoms with Gasteiger partial charge in [0.1, 0.15) is 22.6 Å². The number of aliphatic hydroxyl groups excluding tert-OH is 1. The van der Waals surface area contributed by atoms with Gasteiger partial charge in [0, 0.05) is 15.7 Å². The summed E-state index contributed by atoms with van der Waals surface area (Å²) < 4.78 is 6.61. The third-order valence-corrected chi connectivity index (χ3v) is 7.29. The number of aryl methyl sites for hydroxylation is 2. The molecular formula is C26H19BrN2O4S. The number of rotatable bonds is 5. The zero-order chi connectivity index (χ0) is 24.0. The number of ketones is 1. The molecule has 2 aromatic heterocycles. The molecule has 2 aromatic carbocycles. The Labute approximate surface area is 208 Å². The molecule has 0 radical (unpaired) electrons. The minimum atomic E-state index is -0.912. The van der Waals surface area contributed by atoms with Gasteiger partial charge >= 0.3 is 0 Å². The average Bonchev–Trinajstić information content (AvgIpc) is 3.50. The van der Waals surface area contributed by atoms with Gasteiger partial charge in [0.2, 0.25) is 5.78 Å². The lowest BCUT2D eigenvalue weighted by Gasteiger charge is -2.25. The van der Waals surface area contributed by atoms with E-state index in [0.717, 1.165) is 10.0 Å². The molecule has 8 heteroatoms. The fourth-order valence-electron chi connectivity index (χ4n) is 4.03. The number of aromatic nitrogens is 1. The van der Waals surface area contributed by atoms with Crippen LogP contribution in [0.3, 0.4) is 0 Å². The molecule has 0 saturated carbocycles. The maximum absolute atomic E-state index is 13.8. The smallest absolute Gasteiger partial charge is 0.294 e. The minimum Gasteiger partial charge on any atom is -0.503 e. The van der Waals surface area contributed by atoms with E-state index in [1.54, 1.807) is 44.2 Å². The summed E-state index contributed by atoms with van der Waals surface area (Å²) in [6.45, 7) is 3.54. The maximum Gasteiger partial charge on any atom is 0.294 e. The van der Waals surface area contributed by atoms with Crippen molar-refractivity contribution in [3.8, 4) is 10.6 Å². The zero-order valence-corrected chi connectivity index (χ0v) is 20.7. The van der Waals surface area contributed by atoms with Crippen LogP contribution in [0.2, 0.25) is 0 Å². The van der Waals surface area contributed by atoms with Crippen LogP contribution >= 0.6 is 27.3 Å². The second-order valence-electron chi connectivity index (χ2n) is 7.90. The van der Waals surface area contributed by atoms with Crippen LogP contribution in [0.15, 0.2) is 87.0 Å². The monoisotopic (exact) mass is 534 g/mol. The van der Waals surface area contributed by atoms with Gasteiger partial charge < -0.3 is 9.52 Å². The summed E-state index contributed by atoms with van der Waals surface area (Å²) in [7, 11) is 0. The summed E-state index contributed by atoms with van der Waals surface area (Å²) in [5, 5.41) is 11.6. The Hall–Kier alpha value is -3.49. The van der Waals surface area contributed by atoms with E-state index in [9.17, 15) is 14.7 Å². The molecule has 0 spiro atoms. The van der Waals surface area contributed by atoms with E-state index < -0.39 is 23.5 Å². The van der Waals surface area contributed by atoms with Crippen molar-refractivity contribution in [2.45, 2.75) is 19.9 Å². The lowest BCUT2D eigenvalue weighted by atomic mass is 9.99. The Morgan fingerprint density at radius 1 is 1.09 bits per heavy atom. The Kier molecular flexibility index (Phi) is 5.71. The van der Waals surface area contributed by atoms with E-state index in [4.69, 9.17) is 4.42 Å². The number of aliphatic hydroxyl groups is 1. The summed E-state index contributed by atoms with van der Waals surface area (Å²) in [5.74, 6) is -0.664. The normalized spacial score (nSPS) is 15.9. The number of amides is 1. The van der Waals surface area contributed by atoms with Crippen molar-refractivity contribution >= 4 is 44.6 Å². The molecule has 1 N–H and O–H groups in total. The summed E-state index contributed by atoms with van der Waals surface area (Å²) in [4.78, 5) is 33.4. The van der Waals surface area contributed by atoms with Gasteiger partial charge in [0.15, 0.2) is 5.76 Å². The molecule has 3 heterocycles. The zero-order valence-electron chi connectivity index (χ0n) is 18.3. The van der Waals surface area contributed by atoms with Gasteiger partial charge in [0.25, 0.3) is 5.91 Å². The first-order valence-corrected chi connectivity index (χ1v) is 12.1. The lowest BCUT2D eigenvalue weighted by Crippen LogP contribution is -2.30. The Morgan fingerprint density at radius 2 is 1.85 bits per heavy atom. The Morgan fingerprint density at radius 3 is 2.53 bits per heavy atom. The molecule has 1 unspecified atom stereocenters. The van der Waals surface area contributed by atoms with Crippen LogP contribution in [-0.4, -0.2) is 21.8 Å². The molecule has 6 nitrogen and oxygen atoms in total. The number of halogens is 1. The number of Topliss-reactive ketones (excluding diaryl/α,β-unsaturated/α-hetero) is 1. The molecule has 34 heavy (non-hydrogen) atoms. The number of thiazole rings is 1. The summed E-state index contributed by atoms with van der Waals surface area (Å²) >= 11 is 4.67. The number of furan rings is 1. The van der Waals surface area contributed by atoms with Gasteiger partial charge in [-0.25, -0.2) is 4.98 Å². The van der Waals surface area contributed by atoms with E-state index >= 15 is 0 Å². The van der Waals surface area contributed by atoms with Crippen LogP contribution < -0.4 is 4.90 Å². The first-order chi connectivity index (χ1) is 16.3. The largest absolute Gasteiger partial charge is 0.503 e. The highest BCUT2D eigenvalue weighted by atomic mass is 79.9. The Balaban J connectivity index is 1.63. The predicted octanol–water partition coefficient (Wildman–Crippen LogP) is 6.57. The number of anilines is 1. The second kappa shape index (κ2) is 8.70. The highest BCUT2D eigenvalue weighted by Crippen LogP contribution is 2.44. The standard InChI is InChI=1S/C26H19BrN2O4S/c1-14-11-12-19(33-14)21-20(23(31)26(32)29(21)18-10-6-9-17(27)13-18)22(30)24-15(2)28-25(34-24)16-7-4-3-5-8-16/h3-13,21,31H,1-2H3. The van der Waals surface area contributed by atoms with Gasteiger partial charge in [-0.15, -0.1) is 11.3 Å². The molecule has 1 aliphatic rings. The van der Waals surface area contributed by atoms with Crippen LogP contribution in [-0.2, 0) is 4.79 Å². The first-order valence-electron chi connectivity index (χ1n) is 10.5. The maximum atomic E-state index is 13.8. The molecule has 4 aromatic rings. The van der Waals surface area contributed by atoms with Gasteiger partial charge in [-0.1, -0.05) is 52.3 Å². The van der Waals surface area contributed by atoms with Crippen LogP contribution in [0.5, 0.6) is 0 Å². The third-order valence-electron chi connectivity index (χ3n) is 5.59. The third kappa shape index (κ3) is 3.78. The molecule has 5 rings (SSSR count). The van der Waals surface area contributed by atoms with Crippen LogP contribution in [0, 0.1) is 13.8 Å². The summed E-state index contributed by atoms with van der Waals surface area (Å²) in [6, 6.07) is 19.3. The number of hydrogen-bond acceptors (Lipinski definition) is 6. The average molecular weight is 535 g/mol. The summed E-state index contributed by atoms with van der Waals surface area (Å²) in [5.41, 5.74) is 1.94. The fraction of sp³-hybridized carbons (Fsp3) is 0.115. The van der Waals surface area contributed by atoms with Gasteiger partial charge in [-0.05, 0) is 44.2 Å². The van der Waals surface area contributed by atoms with Crippen molar-refractivity contribution in [3.63, 3.8) is 0 Å².